The molecule has 4 bridgehead atoms. The summed E-state index contributed by atoms with van der Waals surface area (Å²) in [6, 6.07) is 45.2. The van der Waals surface area contributed by atoms with E-state index in [1.54, 1.807) is 0 Å². The van der Waals surface area contributed by atoms with Crippen LogP contribution in [0.3, 0.4) is 0 Å². The number of nitrogens with zero attached hydrogens (tertiary/aromatic N) is 3. The van der Waals surface area contributed by atoms with Crippen molar-refractivity contribution in [2.75, 3.05) is 0 Å². The van der Waals surface area contributed by atoms with Gasteiger partial charge in [-0.15, -0.1) is 0 Å². The largest absolute Gasteiger partial charge is 0.456 e. The summed E-state index contributed by atoms with van der Waals surface area (Å²) in [5.41, 5.74) is 12.0. The number of hydrogen-bond acceptors (Lipinski definition) is 5. The molecular formula is C49H35N3O2. The zero-order valence-corrected chi connectivity index (χ0v) is 29.6. The second-order valence-corrected chi connectivity index (χ2v) is 16.4. The Kier molecular flexibility index (Phi) is 5.74. The zero-order valence-electron chi connectivity index (χ0n) is 29.6. The van der Waals surface area contributed by atoms with Crippen molar-refractivity contribution in [1.82, 2.24) is 15.0 Å². The third-order valence-corrected chi connectivity index (χ3v) is 13.7. The third-order valence-electron chi connectivity index (χ3n) is 13.7. The highest BCUT2D eigenvalue weighted by Gasteiger charge is 2.62. The number of hydrogen-bond donors (Lipinski definition) is 0. The summed E-state index contributed by atoms with van der Waals surface area (Å²) >= 11 is 0. The lowest BCUT2D eigenvalue weighted by atomic mass is 9.43. The highest BCUT2D eigenvalue weighted by molar-refractivity contribution is 6.07. The Morgan fingerprint density at radius 2 is 0.926 bits per heavy atom. The molecule has 0 radical (unpaired) electrons. The van der Waals surface area contributed by atoms with Crippen LogP contribution in [0.15, 0.2) is 136 Å². The molecule has 0 unspecified atom stereocenters. The van der Waals surface area contributed by atoms with Crippen molar-refractivity contribution >= 4 is 43.9 Å². The van der Waals surface area contributed by atoms with Gasteiger partial charge in [0.2, 0.25) is 0 Å². The molecular weight excluding hydrogens is 663 g/mol. The zero-order chi connectivity index (χ0) is 35.1. The third kappa shape index (κ3) is 3.86. The van der Waals surface area contributed by atoms with Gasteiger partial charge in [-0.1, -0.05) is 91.0 Å². The molecule has 3 aromatic heterocycles. The van der Waals surface area contributed by atoms with Crippen LogP contribution in [0.25, 0.3) is 89.2 Å². The van der Waals surface area contributed by atoms with Crippen molar-refractivity contribution in [2.24, 2.45) is 23.7 Å². The Labute approximate surface area is 311 Å². The van der Waals surface area contributed by atoms with Crippen LogP contribution in [0, 0.1) is 23.7 Å². The van der Waals surface area contributed by atoms with Crippen LogP contribution < -0.4 is 0 Å². The first kappa shape index (κ1) is 29.4. The topological polar surface area (TPSA) is 65.0 Å². The molecule has 0 aliphatic heterocycles. The van der Waals surface area contributed by atoms with Gasteiger partial charge in [-0.25, -0.2) is 15.0 Å². The number of aromatic nitrogens is 3. The van der Waals surface area contributed by atoms with Crippen molar-refractivity contribution in [1.29, 1.82) is 0 Å². The summed E-state index contributed by atoms with van der Waals surface area (Å²) in [6.07, 6.45) is 6.69. The van der Waals surface area contributed by atoms with Crippen LogP contribution in [0.2, 0.25) is 0 Å². The molecule has 258 valence electrons. The highest BCUT2D eigenvalue weighted by atomic mass is 16.3. The van der Waals surface area contributed by atoms with E-state index >= 15 is 0 Å². The molecule has 6 aromatic carbocycles. The Hall–Kier alpha value is -6.07. The number of para-hydroxylation sites is 2. The molecule has 0 atom stereocenters. The number of fused-ring (bicyclic) bond motifs is 9. The van der Waals surface area contributed by atoms with Crippen LogP contribution >= 0.6 is 0 Å². The maximum absolute atomic E-state index is 6.36. The molecule has 3 heterocycles. The lowest BCUT2D eigenvalue weighted by molar-refractivity contribution is -0.0397. The summed E-state index contributed by atoms with van der Waals surface area (Å²) < 4.78 is 12.7. The van der Waals surface area contributed by atoms with E-state index in [1.165, 1.54) is 54.4 Å². The molecule has 5 heteroatoms. The average Bonchev–Trinajstić information content (AvgIpc) is 3.87. The fourth-order valence-electron chi connectivity index (χ4n) is 11.9. The molecule has 0 amide bonds. The molecule has 5 aliphatic carbocycles. The Balaban J connectivity index is 1.06. The number of benzene rings is 6. The quantitative estimate of drug-likeness (QED) is 0.184. The Bertz CT molecular complexity index is 2880. The van der Waals surface area contributed by atoms with Gasteiger partial charge in [0, 0.05) is 43.7 Å². The second-order valence-electron chi connectivity index (χ2n) is 16.4. The smallest absolute Gasteiger partial charge is 0.164 e. The summed E-state index contributed by atoms with van der Waals surface area (Å²) in [5, 5.41) is 4.38. The van der Waals surface area contributed by atoms with Crippen molar-refractivity contribution in [3.05, 3.63) is 139 Å². The lowest BCUT2D eigenvalue weighted by Crippen LogP contribution is -2.55. The molecule has 14 rings (SSSR count). The number of rotatable bonds is 3. The van der Waals surface area contributed by atoms with Crippen molar-refractivity contribution in [2.45, 2.75) is 37.5 Å². The van der Waals surface area contributed by atoms with E-state index in [4.69, 9.17) is 23.8 Å². The molecule has 0 saturated heterocycles. The van der Waals surface area contributed by atoms with Gasteiger partial charge in [0.25, 0.3) is 0 Å². The molecule has 5 aliphatic rings. The van der Waals surface area contributed by atoms with Crippen LogP contribution in [0.1, 0.15) is 43.2 Å². The normalized spacial score (nSPS) is 23.6. The van der Waals surface area contributed by atoms with E-state index in [0.717, 1.165) is 78.2 Å². The van der Waals surface area contributed by atoms with Gasteiger partial charge in [-0.05, 0) is 114 Å². The average molecular weight is 698 g/mol. The van der Waals surface area contributed by atoms with E-state index in [2.05, 4.69) is 103 Å². The van der Waals surface area contributed by atoms with Gasteiger partial charge < -0.3 is 8.83 Å². The van der Waals surface area contributed by atoms with Crippen LogP contribution in [-0.2, 0) is 5.41 Å². The van der Waals surface area contributed by atoms with E-state index in [9.17, 15) is 0 Å². The van der Waals surface area contributed by atoms with Gasteiger partial charge in [0.05, 0.1) is 0 Å². The monoisotopic (exact) mass is 697 g/mol. The highest BCUT2D eigenvalue weighted by Crippen LogP contribution is 2.70. The van der Waals surface area contributed by atoms with Crippen LogP contribution in [0.5, 0.6) is 0 Å². The van der Waals surface area contributed by atoms with Gasteiger partial charge >= 0.3 is 0 Å². The molecule has 1 spiro atoms. The SMILES string of the molecule is c1ccc2c(c1)-c1cccc(-c3nc(-c4ccc5c(c4)oc4ccccc45)nc(-c4ccc5c(c4)oc4ccccc45)n3)c1C21C2CC3CC(C2)CC1C3. The van der Waals surface area contributed by atoms with Gasteiger partial charge in [-0.2, -0.15) is 0 Å². The maximum Gasteiger partial charge on any atom is 0.164 e. The Morgan fingerprint density at radius 1 is 0.426 bits per heavy atom. The maximum atomic E-state index is 6.36. The summed E-state index contributed by atoms with van der Waals surface area (Å²) in [4.78, 5) is 16.0. The molecule has 9 aromatic rings. The van der Waals surface area contributed by atoms with Crippen molar-refractivity contribution in [3.8, 4) is 45.3 Å². The van der Waals surface area contributed by atoms with Crippen LogP contribution in [0.4, 0.5) is 0 Å². The Morgan fingerprint density at radius 3 is 1.56 bits per heavy atom. The molecule has 54 heavy (non-hydrogen) atoms. The molecule has 4 fully saturated rings. The first-order valence-corrected chi connectivity index (χ1v) is 19.5. The number of furan rings is 2. The van der Waals surface area contributed by atoms with E-state index in [-0.39, 0.29) is 5.41 Å². The van der Waals surface area contributed by atoms with Crippen molar-refractivity contribution < 1.29 is 8.83 Å². The van der Waals surface area contributed by atoms with Crippen molar-refractivity contribution in [3.63, 3.8) is 0 Å². The molecule has 5 nitrogen and oxygen atoms in total. The van der Waals surface area contributed by atoms with Gasteiger partial charge in [0.15, 0.2) is 17.5 Å². The predicted octanol–water partition coefficient (Wildman–Crippen LogP) is 12.4. The van der Waals surface area contributed by atoms with E-state index in [0.29, 0.717) is 23.5 Å². The summed E-state index contributed by atoms with van der Waals surface area (Å²) in [5.74, 6) is 4.97. The molecule has 4 saturated carbocycles. The minimum Gasteiger partial charge on any atom is -0.456 e. The van der Waals surface area contributed by atoms with Gasteiger partial charge in [0.1, 0.15) is 22.3 Å². The minimum absolute atomic E-state index is 0.0245. The first-order chi connectivity index (χ1) is 26.7. The molecule has 0 N–H and O–H groups in total. The van der Waals surface area contributed by atoms with Gasteiger partial charge in [-0.3, -0.25) is 0 Å². The fourth-order valence-corrected chi connectivity index (χ4v) is 11.9. The summed E-state index contributed by atoms with van der Waals surface area (Å²) in [7, 11) is 0. The van der Waals surface area contributed by atoms with E-state index < -0.39 is 0 Å². The second kappa shape index (κ2) is 10.5. The standard InChI is InChI=1S/C49H35N3O2/c1-4-13-40-33(8-1)38-11-7-12-39(45(38)49(40)31-21-27-20-28(23-31)24-32(49)22-27)48-51-46(29-16-18-36-34-9-2-5-14-41(34)53-43(36)25-29)50-47(52-48)30-17-19-37-35-10-3-6-15-42(35)54-44(37)26-30/h1-19,25-28,31-32H,20-24H2. The van der Waals surface area contributed by atoms with Crippen LogP contribution in [-0.4, -0.2) is 15.0 Å². The van der Waals surface area contributed by atoms with E-state index in [1.807, 2.05) is 24.3 Å². The first-order valence-electron chi connectivity index (χ1n) is 19.5. The fraction of sp³-hybridized carbons (Fsp3) is 0.204. The summed E-state index contributed by atoms with van der Waals surface area (Å²) in [6.45, 7) is 0. The lowest BCUT2D eigenvalue weighted by Gasteiger charge is -2.61. The predicted molar refractivity (Wildman–Crippen MR) is 214 cm³/mol. The minimum atomic E-state index is -0.0245.